The van der Waals surface area contributed by atoms with Gasteiger partial charge in [-0.3, -0.25) is 9.69 Å². The van der Waals surface area contributed by atoms with Crippen LogP contribution in [0.5, 0.6) is 0 Å². The molecule has 178 valence electrons. The molecule has 1 unspecified atom stereocenters. The molecule has 3 heterocycles. The Labute approximate surface area is 196 Å². The van der Waals surface area contributed by atoms with E-state index < -0.39 is 0 Å². The Balaban J connectivity index is 1.40. The van der Waals surface area contributed by atoms with E-state index in [1.807, 2.05) is 9.47 Å². The number of anilines is 2. The molecule has 9 heteroatoms. The van der Waals surface area contributed by atoms with Gasteiger partial charge in [0.2, 0.25) is 5.91 Å². The summed E-state index contributed by atoms with van der Waals surface area (Å²) >= 11 is 0. The van der Waals surface area contributed by atoms with Gasteiger partial charge in [0.25, 0.3) is 0 Å². The number of hydrogen-bond donors (Lipinski definition) is 2. The van der Waals surface area contributed by atoms with Gasteiger partial charge in [-0.05, 0) is 67.9 Å². The number of likely N-dealkylation sites (tertiary alicyclic amines) is 1. The van der Waals surface area contributed by atoms with E-state index in [1.54, 1.807) is 29.2 Å². The summed E-state index contributed by atoms with van der Waals surface area (Å²) in [7, 11) is 0. The lowest BCUT2D eigenvalue weighted by molar-refractivity contribution is -0.134. The highest BCUT2D eigenvalue weighted by atomic mass is 19.1. The standard InChI is InChI=1S/C25H27F2N5O2/c26-18-5-3-17(4-6-18)24-25(28-20-9-7-19(27)8-10-20)32-13-12-31(15-22(32)29-24)23(34)16-30-11-1-2-21(33)14-30/h3-10,21,28,33H,1-2,11-16H2. The van der Waals surface area contributed by atoms with E-state index in [0.29, 0.717) is 37.6 Å². The Morgan fingerprint density at radius 3 is 2.44 bits per heavy atom. The number of nitrogens with zero attached hydrogens (tertiary/aromatic N) is 4. The summed E-state index contributed by atoms with van der Waals surface area (Å²) in [6.07, 6.45) is 1.29. The van der Waals surface area contributed by atoms with Crippen molar-refractivity contribution in [1.29, 1.82) is 0 Å². The topological polar surface area (TPSA) is 73.6 Å². The number of β-amino-alcohol motifs (C(OH)–C–C–N with tert-alkyl or cyclic N) is 1. The van der Waals surface area contributed by atoms with E-state index in [-0.39, 0.29) is 30.2 Å². The second-order valence-electron chi connectivity index (χ2n) is 8.86. The lowest BCUT2D eigenvalue weighted by Crippen LogP contribution is -2.47. The normalized spacial score (nSPS) is 18.6. The SMILES string of the molecule is O=C(CN1CCCC(O)C1)N1CCn2c(nc(-c3ccc(F)cc3)c2Nc2ccc(F)cc2)C1. The summed E-state index contributed by atoms with van der Waals surface area (Å²) in [5.41, 5.74) is 2.09. The van der Waals surface area contributed by atoms with Crippen molar-refractivity contribution in [2.24, 2.45) is 0 Å². The Hall–Kier alpha value is -3.30. The monoisotopic (exact) mass is 467 g/mol. The van der Waals surface area contributed by atoms with Gasteiger partial charge < -0.3 is 19.9 Å². The Bertz CT molecular complexity index is 1160. The van der Waals surface area contributed by atoms with Crippen molar-refractivity contribution in [3.05, 3.63) is 66.0 Å². The summed E-state index contributed by atoms with van der Waals surface area (Å²) in [6, 6.07) is 12.2. The second kappa shape index (κ2) is 9.52. The molecule has 1 atom stereocenters. The summed E-state index contributed by atoms with van der Waals surface area (Å²) in [6.45, 7) is 3.04. The molecular formula is C25H27F2N5O2. The van der Waals surface area contributed by atoms with Crippen molar-refractivity contribution < 1.29 is 18.7 Å². The molecule has 1 saturated heterocycles. The highest BCUT2D eigenvalue weighted by molar-refractivity contribution is 5.79. The molecule has 2 aliphatic rings. The van der Waals surface area contributed by atoms with Gasteiger partial charge in [-0.2, -0.15) is 0 Å². The van der Waals surface area contributed by atoms with E-state index in [9.17, 15) is 18.7 Å². The molecule has 2 aliphatic heterocycles. The van der Waals surface area contributed by atoms with Gasteiger partial charge in [-0.25, -0.2) is 13.8 Å². The third-order valence-electron chi connectivity index (χ3n) is 6.39. The summed E-state index contributed by atoms with van der Waals surface area (Å²) in [4.78, 5) is 21.6. The van der Waals surface area contributed by atoms with Gasteiger partial charge in [-0.1, -0.05) is 0 Å². The maximum atomic E-state index is 13.5. The molecule has 1 fully saturated rings. The van der Waals surface area contributed by atoms with Crippen LogP contribution in [0.25, 0.3) is 11.3 Å². The molecule has 7 nitrogen and oxygen atoms in total. The van der Waals surface area contributed by atoms with Crippen molar-refractivity contribution >= 4 is 17.4 Å². The van der Waals surface area contributed by atoms with Crippen molar-refractivity contribution in [2.45, 2.75) is 32.0 Å². The van der Waals surface area contributed by atoms with E-state index in [2.05, 4.69) is 5.32 Å². The Morgan fingerprint density at radius 2 is 1.74 bits per heavy atom. The number of aliphatic hydroxyl groups excluding tert-OH is 1. The average molecular weight is 468 g/mol. The molecule has 1 amide bonds. The molecule has 0 bridgehead atoms. The third kappa shape index (κ3) is 4.80. The maximum absolute atomic E-state index is 13.5. The van der Waals surface area contributed by atoms with E-state index >= 15 is 0 Å². The number of piperidine rings is 1. The van der Waals surface area contributed by atoms with Gasteiger partial charge in [0, 0.05) is 30.9 Å². The fourth-order valence-electron chi connectivity index (χ4n) is 4.62. The number of carbonyl (C=O) groups excluding carboxylic acids is 1. The number of aromatic nitrogens is 2. The van der Waals surface area contributed by atoms with Gasteiger partial charge in [-0.15, -0.1) is 0 Å². The number of carbonyl (C=O) groups is 1. The minimum Gasteiger partial charge on any atom is -0.392 e. The van der Waals surface area contributed by atoms with Crippen molar-refractivity contribution in [3.63, 3.8) is 0 Å². The van der Waals surface area contributed by atoms with E-state index in [1.165, 1.54) is 24.3 Å². The highest BCUT2D eigenvalue weighted by Gasteiger charge is 2.29. The third-order valence-corrected chi connectivity index (χ3v) is 6.39. The quantitative estimate of drug-likeness (QED) is 0.602. The van der Waals surface area contributed by atoms with E-state index in [0.717, 1.165) is 36.6 Å². The fraction of sp³-hybridized carbons (Fsp3) is 0.360. The van der Waals surface area contributed by atoms with Crippen LogP contribution >= 0.6 is 0 Å². The fourth-order valence-corrected chi connectivity index (χ4v) is 4.62. The lowest BCUT2D eigenvalue weighted by Gasteiger charge is -2.33. The predicted molar refractivity (Wildman–Crippen MR) is 124 cm³/mol. The summed E-state index contributed by atoms with van der Waals surface area (Å²) < 4.78 is 28.9. The van der Waals surface area contributed by atoms with Crippen LogP contribution in [-0.2, 0) is 17.9 Å². The number of halogens is 2. The zero-order valence-corrected chi connectivity index (χ0v) is 18.8. The minimum atomic E-state index is -0.375. The average Bonchev–Trinajstić information content (AvgIpc) is 3.18. The number of aliphatic hydroxyl groups is 1. The Kier molecular flexibility index (Phi) is 6.30. The number of nitrogens with one attached hydrogen (secondary N) is 1. The summed E-state index contributed by atoms with van der Waals surface area (Å²) in [5, 5.41) is 13.2. The number of benzene rings is 2. The number of imidazole rings is 1. The molecule has 2 N–H and O–H groups in total. The van der Waals surface area contributed by atoms with Crippen LogP contribution in [0.1, 0.15) is 18.7 Å². The molecule has 34 heavy (non-hydrogen) atoms. The van der Waals surface area contributed by atoms with Gasteiger partial charge in [0.15, 0.2) is 0 Å². The van der Waals surface area contributed by atoms with Crippen LogP contribution in [0.4, 0.5) is 20.3 Å². The lowest BCUT2D eigenvalue weighted by atomic mass is 10.1. The largest absolute Gasteiger partial charge is 0.392 e. The number of hydrogen-bond acceptors (Lipinski definition) is 5. The molecule has 3 aromatic rings. The smallest absolute Gasteiger partial charge is 0.237 e. The first-order valence-corrected chi connectivity index (χ1v) is 11.5. The van der Waals surface area contributed by atoms with Crippen LogP contribution in [0.2, 0.25) is 0 Å². The summed E-state index contributed by atoms with van der Waals surface area (Å²) in [5.74, 6) is 0.803. The predicted octanol–water partition coefficient (Wildman–Crippen LogP) is 3.37. The first kappa shape index (κ1) is 22.5. The zero-order chi connectivity index (χ0) is 23.7. The van der Waals surface area contributed by atoms with Gasteiger partial charge in [0.05, 0.1) is 19.2 Å². The molecule has 0 spiro atoms. The molecule has 0 radical (unpaired) electrons. The van der Waals surface area contributed by atoms with Crippen molar-refractivity contribution in [1.82, 2.24) is 19.4 Å². The molecule has 0 aliphatic carbocycles. The molecule has 2 aromatic carbocycles. The van der Waals surface area contributed by atoms with E-state index in [4.69, 9.17) is 4.98 Å². The zero-order valence-electron chi connectivity index (χ0n) is 18.8. The second-order valence-corrected chi connectivity index (χ2v) is 8.86. The number of fused-ring (bicyclic) bond motifs is 1. The van der Waals surface area contributed by atoms with Gasteiger partial charge in [0.1, 0.15) is 29.0 Å². The maximum Gasteiger partial charge on any atom is 0.237 e. The molecule has 5 rings (SSSR count). The Morgan fingerprint density at radius 1 is 1.03 bits per heavy atom. The van der Waals surface area contributed by atoms with Crippen LogP contribution in [0.3, 0.4) is 0 Å². The minimum absolute atomic E-state index is 0.0136. The van der Waals surface area contributed by atoms with Crippen molar-refractivity contribution in [3.8, 4) is 11.3 Å². The molecule has 0 saturated carbocycles. The first-order chi connectivity index (χ1) is 16.5. The number of rotatable bonds is 5. The van der Waals surface area contributed by atoms with Crippen LogP contribution in [-0.4, -0.2) is 62.6 Å². The first-order valence-electron chi connectivity index (χ1n) is 11.5. The van der Waals surface area contributed by atoms with Crippen molar-refractivity contribution in [2.75, 3.05) is 31.5 Å². The highest BCUT2D eigenvalue weighted by Crippen LogP contribution is 2.33. The van der Waals surface area contributed by atoms with Crippen LogP contribution < -0.4 is 5.32 Å². The van der Waals surface area contributed by atoms with Gasteiger partial charge >= 0.3 is 0 Å². The van der Waals surface area contributed by atoms with Crippen LogP contribution in [0.15, 0.2) is 48.5 Å². The molecular weight excluding hydrogens is 440 g/mol. The van der Waals surface area contributed by atoms with Crippen LogP contribution in [0, 0.1) is 11.6 Å². The number of amides is 1. The molecule has 1 aromatic heterocycles.